The van der Waals surface area contributed by atoms with Gasteiger partial charge in [0.1, 0.15) is 16.7 Å². The largest absolute Gasteiger partial charge is 0.456 e. The van der Waals surface area contributed by atoms with Gasteiger partial charge in [0, 0.05) is 54.2 Å². The van der Waals surface area contributed by atoms with Crippen molar-refractivity contribution in [2.45, 2.75) is 0 Å². The first-order valence-electron chi connectivity index (χ1n) is 23.5. The molecule has 0 radical (unpaired) electrons. The molecule has 7 heteroatoms. The molecule has 0 atom stereocenters. The lowest BCUT2D eigenvalue weighted by molar-refractivity contribution is 0.666. The van der Waals surface area contributed by atoms with Gasteiger partial charge in [-0.25, -0.2) is 4.98 Å². The molecule has 15 rings (SSSR count). The predicted octanol–water partition coefficient (Wildman–Crippen LogP) is 16.5. The van der Waals surface area contributed by atoms with Crippen LogP contribution in [0, 0.1) is 0 Å². The Balaban J connectivity index is 1.06. The van der Waals surface area contributed by atoms with E-state index in [-0.39, 0.29) is 0 Å². The van der Waals surface area contributed by atoms with Crippen LogP contribution in [0.3, 0.4) is 0 Å². The quantitative estimate of drug-likeness (QED) is 0.166. The second-order valence-electron chi connectivity index (χ2n) is 17.9. The minimum atomic E-state index is 0.511. The molecule has 0 aliphatic carbocycles. The highest BCUT2D eigenvalue weighted by molar-refractivity contribution is 6.24. The summed E-state index contributed by atoms with van der Waals surface area (Å²) in [5.41, 5.74) is 14.5. The van der Waals surface area contributed by atoms with Crippen LogP contribution in [0.1, 0.15) is 0 Å². The van der Waals surface area contributed by atoms with Crippen LogP contribution in [0.5, 0.6) is 0 Å². The highest BCUT2D eigenvalue weighted by Crippen LogP contribution is 2.45. The van der Waals surface area contributed by atoms with Crippen LogP contribution in [-0.2, 0) is 0 Å². The first-order chi connectivity index (χ1) is 34.7. The first-order valence-corrected chi connectivity index (χ1v) is 23.5. The van der Waals surface area contributed by atoms with E-state index in [4.69, 9.17) is 23.8 Å². The van der Waals surface area contributed by atoms with Crippen LogP contribution in [0.25, 0.3) is 144 Å². The maximum absolute atomic E-state index is 6.99. The summed E-state index contributed by atoms with van der Waals surface area (Å²) in [7, 11) is 0. The van der Waals surface area contributed by atoms with Crippen LogP contribution >= 0.6 is 0 Å². The van der Waals surface area contributed by atoms with Crippen LogP contribution in [0.2, 0.25) is 0 Å². The van der Waals surface area contributed by atoms with E-state index in [0.29, 0.717) is 17.6 Å². The van der Waals surface area contributed by atoms with E-state index < -0.39 is 0 Å². The number of fused-ring (bicyclic) bond motifs is 13. The Hall–Kier alpha value is -9.59. The summed E-state index contributed by atoms with van der Waals surface area (Å²) in [6.07, 6.45) is 0. The Bertz CT molecular complexity index is 4600. The van der Waals surface area contributed by atoms with Gasteiger partial charge in [0.05, 0.1) is 27.8 Å². The van der Waals surface area contributed by atoms with E-state index in [1.54, 1.807) is 0 Å². The summed E-state index contributed by atoms with van der Waals surface area (Å²) in [4.78, 5) is 16.1. The molecular weight excluding hydrogens is 859 g/mol. The standard InChI is InChI=1S/C63H37N5O2/c1-3-16-38(17-4-1)40-20-15-21-41(34-40)43-36-51-47-25-10-14-29-56(47)70-60(51)54(37-43)67-52-26-11-7-22-44(52)48-31-32-49-45-23-8-12-27-53(45)68(59(49)58(48)67)63-65-61(39-18-5-2-6-19-39)64-62(66-63)42-30-33-57-50(35-42)46-24-9-13-28-55(46)69-57/h1-37H. The van der Waals surface area contributed by atoms with E-state index in [2.05, 4.69) is 179 Å². The van der Waals surface area contributed by atoms with Crippen molar-refractivity contribution in [2.24, 2.45) is 0 Å². The molecule has 0 saturated heterocycles. The van der Waals surface area contributed by atoms with Crippen molar-refractivity contribution < 1.29 is 8.83 Å². The number of nitrogens with zero attached hydrogens (tertiary/aromatic N) is 5. The smallest absolute Gasteiger partial charge is 0.238 e. The van der Waals surface area contributed by atoms with Crippen LogP contribution < -0.4 is 0 Å². The van der Waals surface area contributed by atoms with E-state index in [0.717, 1.165) is 121 Å². The number of para-hydroxylation sites is 4. The number of hydrogen-bond donors (Lipinski definition) is 0. The highest BCUT2D eigenvalue weighted by atomic mass is 16.3. The fraction of sp³-hybridized carbons (Fsp3) is 0. The SMILES string of the molecule is c1ccc(-c2cccc(-c3cc(-n4c5ccccc5c5ccc6c7ccccc7n(-c7nc(-c8ccccc8)nc(-c8ccc9oc%10ccccc%10c9c8)n7)c6c54)c4oc5ccccc5c4c3)c2)cc1. The zero-order valence-corrected chi connectivity index (χ0v) is 37.4. The van der Waals surface area contributed by atoms with Gasteiger partial charge in [-0.15, -0.1) is 0 Å². The molecule has 15 aromatic rings. The Kier molecular flexibility index (Phi) is 8.23. The number of benzene rings is 10. The van der Waals surface area contributed by atoms with Crippen molar-refractivity contribution in [2.75, 3.05) is 0 Å². The molecule has 10 aromatic carbocycles. The average Bonchev–Trinajstić information content (AvgIpc) is 4.19. The van der Waals surface area contributed by atoms with Gasteiger partial charge in [0.25, 0.3) is 0 Å². The second kappa shape index (κ2) is 15.0. The third kappa shape index (κ3) is 5.79. The lowest BCUT2D eigenvalue weighted by Gasteiger charge is -2.15. The average molecular weight is 896 g/mol. The topological polar surface area (TPSA) is 74.8 Å². The van der Waals surface area contributed by atoms with Gasteiger partial charge in [-0.05, 0) is 82.9 Å². The van der Waals surface area contributed by atoms with E-state index >= 15 is 0 Å². The predicted molar refractivity (Wildman–Crippen MR) is 285 cm³/mol. The Morgan fingerprint density at radius 3 is 1.51 bits per heavy atom. The van der Waals surface area contributed by atoms with Gasteiger partial charge in [-0.1, -0.05) is 164 Å². The van der Waals surface area contributed by atoms with Gasteiger partial charge in [0.15, 0.2) is 17.2 Å². The summed E-state index contributed by atoms with van der Waals surface area (Å²) in [5, 5.41) is 8.55. The first kappa shape index (κ1) is 38.5. The van der Waals surface area contributed by atoms with E-state index in [9.17, 15) is 0 Å². The Morgan fingerprint density at radius 1 is 0.286 bits per heavy atom. The van der Waals surface area contributed by atoms with Crippen molar-refractivity contribution in [1.29, 1.82) is 0 Å². The molecule has 70 heavy (non-hydrogen) atoms. The summed E-state index contributed by atoms with van der Waals surface area (Å²) >= 11 is 0. The summed E-state index contributed by atoms with van der Waals surface area (Å²) in [6, 6.07) is 78.6. The van der Waals surface area contributed by atoms with Crippen LogP contribution in [0.15, 0.2) is 233 Å². The Labute approximate surface area is 399 Å². The van der Waals surface area contributed by atoms with Crippen LogP contribution in [-0.4, -0.2) is 24.1 Å². The second-order valence-corrected chi connectivity index (χ2v) is 17.9. The molecule has 5 heterocycles. The third-order valence-corrected chi connectivity index (χ3v) is 14.0. The Morgan fingerprint density at radius 2 is 0.800 bits per heavy atom. The minimum Gasteiger partial charge on any atom is -0.456 e. The van der Waals surface area contributed by atoms with Crippen molar-refractivity contribution in [1.82, 2.24) is 24.1 Å². The zero-order chi connectivity index (χ0) is 45.9. The molecular formula is C63H37N5O2. The zero-order valence-electron chi connectivity index (χ0n) is 37.4. The van der Waals surface area contributed by atoms with Gasteiger partial charge in [-0.2, -0.15) is 9.97 Å². The molecule has 0 unspecified atom stereocenters. The summed E-state index contributed by atoms with van der Waals surface area (Å²) < 4.78 is 17.9. The number of furan rings is 2. The lowest BCUT2D eigenvalue weighted by atomic mass is 9.97. The molecule has 0 aliphatic heterocycles. The van der Waals surface area contributed by atoms with Crippen molar-refractivity contribution in [3.63, 3.8) is 0 Å². The van der Waals surface area contributed by atoms with Crippen molar-refractivity contribution in [3.05, 3.63) is 224 Å². The van der Waals surface area contributed by atoms with Gasteiger partial charge >= 0.3 is 0 Å². The molecule has 0 amide bonds. The molecule has 0 fully saturated rings. The van der Waals surface area contributed by atoms with Crippen molar-refractivity contribution in [3.8, 4) is 56.7 Å². The molecule has 0 spiro atoms. The van der Waals surface area contributed by atoms with Crippen LogP contribution in [0.4, 0.5) is 0 Å². The molecule has 0 saturated carbocycles. The fourth-order valence-corrected chi connectivity index (χ4v) is 10.8. The monoisotopic (exact) mass is 895 g/mol. The third-order valence-electron chi connectivity index (χ3n) is 14.0. The summed E-state index contributed by atoms with van der Waals surface area (Å²) in [5.74, 6) is 1.65. The van der Waals surface area contributed by atoms with Crippen molar-refractivity contribution >= 4 is 87.5 Å². The normalized spacial score (nSPS) is 12.0. The fourth-order valence-electron chi connectivity index (χ4n) is 10.8. The highest BCUT2D eigenvalue weighted by Gasteiger charge is 2.26. The summed E-state index contributed by atoms with van der Waals surface area (Å²) in [6.45, 7) is 0. The van der Waals surface area contributed by atoms with Gasteiger partial charge in [-0.3, -0.25) is 4.57 Å². The molecule has 0 bridgehead atoms. The number of hydrogen-bond acceptors (Lipinski definition) is 5. The molecule has 7 nitrogen and oxygen atoms in total. The molecule has 0 N–H and O–H groups in total. The molecule has 0 aliphatic rings. The molecule has 5 aromatic heterocycles. The number of aromatic nitrogens is 5. The maximum Gasteiger partial charge on any atom is 0.238 e. The van der Waals surface area contributed by atoms with Gasteiger partial charge < -0.3 is 13.4 Å². The van der Waals surface area contributed by atoms with Gasteiger partial charge in [0.2, 0.25) is 5.95 Å². The molecule has 326 valence electrons. The van der Waals surface area contributed by atoms with E-state index in [1.807, 2.05) is 54.6 Å². The lowest BCUT2D eigenvalue weighted by Crippen LogP contribution is -2.07. The maximum atomic E-state index is 6.99. The van der Waals surface area contributed by atoms with E-state index in [1.165, 1.54) is 5.56 Å². The number of rotatable bonds is 6. The minimum absolute atomic E-state index is 0.511.